The lowest BCUT2D eigenvalue weighted by atomic mass is 9.77. The van der Waals surface area contributed by atoms with Crippen LogP contribution in [0.2, 0.25) is 0 Å². The van der Waals surface area contributed by atoms with E-state index in [9.17, 15) is 14.7 Å². The molecule has 0 bridgehead atoms. The zero-order valence-electron chi connectivity index (χ0n) is 13.0. The van der Waals surface area contributed by atoms with Crippen molar-refractivity contribution in [3.8, 4) is 0 Å². The summed E-state index contributed by atoms with van der Waals surface area (Å²) >= 11 is 0. The number of rotatable bonds is 5. The van der Waals surface area contributed by atoms with Gasteiger partial charge in [0.15, 0.2) is 0 Å². The highest BCUT2D eigenvalue weighted by Gasteiger charge is 2.51. The van der Waals surface area contributed by atoms with Gasteiger partial charge in [-0.15, -0.1) is 0 Å². The Bertz CT molecular complexity index is 598. The van der Waals surface area contributed by atoms with Crippen LogP contribution in [0.4, 0.5) is 0 Å². The largest absolute Gasteiger partial charge is 0.481 e. The molecule has 0 atom stereocenters. The first-order valence-electron chi connectivity index (χ1n) is 8.07. The molecular weight excluding hydrogens is 278 g/mol. The lowest BCUT2D eigenvalue weighted by Crippen LogP contribution is -2.45. The number of hydrogen-bond acceptors (Lipinski definition) is 2. The Labute approximate surface area is 130 Å². The molecule has 0 spiro atoms. The standard InChI is InChI=1S/C18H23NO3/c1-13-5-4-6-14(11-13)18(7-2-3-8-18)15(20)19-12-17(9-10-17)16(21)22/h4-6,11H,2-3,7-10,12H2,1H3,(H,19,20)(H,21,22). The highest BCUT2D eigenvalue weighted by molar-refractivity contribution is 5.89. The highest BCUT2D eigenvalue weighted by atomic mass is 16.4. The molecule has 2 aliphatic carbocycles. The molecule has 4 nitrogen and oxygen atoms in total. The van der Waals surface area contributed by atoms with Gasteiger partial charge in [0.2, 0.25) is 5.91 Å². The maximum absolute atomic E-state index is 12.9. The summed E-state index contributed by atoms with van der Waals surface area (Å²) in [7, 11) is 0. The third-order valence-electron chi connectivity index (χ3n) is 5.36. The van der Waals surface area contributed by atoms with Gasteiger partial charge < -0.3 is 10.4 Å². The maximum Gasteiger partial charge on any atom is 0.311 e. The van der Waals surface area contributed by atoms with E-state index in [0.717, 1.165) is 36.8 Å². The number of amides is 1. The smallest absolute Gasteiger partial charge is 0.311 e. The van der Waals surface area contributed by atoms with E-state index in [1.165, 1.54) is 0 Å². The molecule has 2 fully saturated rings. The van der Waals surface area contributed by atoms with Gasteiger partial charge in [0.05, 0.1) is 10.8 Å². The summed E-state index contributed by atoms with van der Waals surface area (Å²) in [5.74, 6) is -0.785. The fourth-order valence-corrected chi connectivity index (χ4v) is 3.60. The predicted molar refractivity (Wildman–Crippen MR) is 83.6 cm³/mol. The summed E-state index contributed by atoms with van der Waals surface area (Å²) in [5.41, 5.74) is 1.05. The molecule has 1 aromatic rings. The van der Waals surface area contributed by atoms with Gasteiger partial charge >= 0.3 is 5.97 Å². The Hall–Kier alpha value is -1.84. The van der Waals surface area contributed by atoms with Crippen LogP contribution >= 0.6 is 0 Å². The van der Waals surface area contributed by atoms with Crippen LogP contribution in [0.25, 0.3) is 0 Å². The number of aryl methyl sites for hydroxylation is 1. The third-order valence-corrected chi connectivity index (χ3v) is 5.36. The number of carbonyl (C=O) groups excluding carboxylic acids is 1. The molecule has 1 aromatic carbocycles. The van der Waals surface area contributed by atoms with Crippen molar-refractivity contribution in [1.82, 2.24) is 5.32 Å². The molecule has 4 heteroatoms. The summed E-state index contributed by atoms with van der Waals surface area (Å²) in [6, 6.07) is 8.16. The minimum absolute atomic E-state index is 0.00289. The van der Waals surface area contributed by atoms with Crippen LogP contribution in [0.15, 0.2) is 24.3 Å². The molecule has 1 amide bonds. The lowest BCUT2D eigenvalue weighted by Gasteiger charge is -2.29. The molecule has 2 saturated carbocycles. The van der Waals surface area contributed by atoms with Crippen molar-refractivity contribution >= 4 is 11.9 Å². The summed E-state index contributed by atoms with van der Waals surface area (Å²) in [5, 5.41) is 12.2. The summed E-state index contributed by atoms with van der Waals surface area (Å²) in [6.07, 6.45) is 5.13. The number of carbonyl (C=O) groups is 2. The zero-order chi connectivity index (χ0) is 15.8. The first kappa shape index (κ1) is 15.1. The van der Waals surface area contributed by atoms with E-state index in [0.29, 0.717) is 12.8 Å². The second-order valence-corrected chi connectivity index (χ2v) is 6.93. The predicted octanol–water partition coefficient (Wildman–Crippen LogP) is 2.79. The molecule has 2 aliphatic rings. The molecule has 0 radical (unpaired) electrons. The van der Waals surface area contributed by atoms with Crippen molar-refractivity contribution < 1.29 is 14.7 Å². The van der Waals surface area contributed by atoms with Crippen molar-refractivity contribution in [2.75, 3.05) is 6.54 Å². The molecule has 22 heavy (non-hydrogen) atoms. The second kappa shape index (κ2) is 5.41. The second-order valence-electron chi connectivity index (χ2n) is 6.93. The molecule has 0 aliphatic heterocycles. The summed E-state index contributed by atoms with van der Waals surface area (Å²) < 4.78 is 0. The molecule has 2 N–H and O–H groups in total. The van der Waals surface area contributed by atoms with Gasteiger partial charge in [0.1, 0.15) is 0 Å². The lowest BCUT2D eigenvalue weighted by molar-refractivity contribution is -0.143. The molecule has 0 heterocycles. The Morgan fingerprint density at radius 3 is 2.41 bits per heavy atom. The van der Waals surface area contributed by atoms with Gasteiger partial charge in [0.25, 0.3) is 0 Å². The first-order valence-corrected chi connectivity index (χ1v) is 8.07. The van der Waals surface area contributed by atoms with Crippen molar-refractivity contribution in [2.45, 2.75) is 50.9 Å². The molecule has 0 saturated heterocycles. The molecule has 3 rings (SSSR count). The van der Waals surface area contributed by atoms with E-state index >= 15 is 0 Å². The Kier molecular flexibility index (Phi) is 3.71. The van der Waals surface area contributed by atoms with E-state index in [1.807, 2.05) is 25.1 Å². The Balaban J connectivity index is 1.79. The number of nitrogens with one attached hydrogen (secondary N) is 1. The summed E-state index contributed by atoms with van der Waals surface area (Å²) in [6.45, 7) is 2.29. The van der Waals surface area contributed by atoms with Crippen molar-refractivity contribution in [3.05, 3.63) is 35.4 Å². The van der Waals surface area contributed by atoms with E-state index in [2.05, 4.69) is 11.4 Å². The maximum atomic E-state index is 12.9. The molecule has 118 valence electrons. The van der Waals surface area contributed by atoms with Crippen LogP contribution in [-0.4, -0.2) is 23.5 Å². The minimum Gasteiger partial charge on any atom is -0.481 e. The number of aliphatic carboxylic acids is 1. The van der Waals surface area contributed by atoms with Crippen molar-refractivity contribution in [3.63, 3.8) is 0 Å². The van der Waals surface area contributed by atoms with Gasteiger partial charge in [-0.05, 0) is 38.2 Å². The van der Waals surface area contributed by atoms with E-state index in [-0.39, 0.29) is 12.5 Å². The minimum atomic E-state index is -0.788. The zero-order valence-corrected chi connectivity index (χ0v) is 13.0. The number of benzene rings is 1. The highest BCUT2D eigenvalue weighted by Crippen LogP contribution is 2.46. The van der Waals surface area contributed by atoms with Gasteiger partial charge in [-0.2, -0.15) is 0 Å². The fraction of sp³-hybridized carbons (Fsp3) is 0.556. The van der Waals surface area contributed by atoms with Crippen LogP contribution in [0, 0.1) is 12.3 Å². The van der Waals surface area contributed by atoms with Crippen LogP contribution in [-0.2, 0) is 15.0 Å². The number of hydrogen-bond donors (Lipinski definition) is 2. The quantitative estimate of drug-likeness (QED) is 0.879. The monoisotopic (exact) mass is 301 g/mol. The van der Waals surface area contributed by atoms with E-state index in [1.54, 1.807) is 0 Å². The van der Waals surface area contributed by atoms with Crippen LogP contribution in [0.5, 0.6) is 0 Å². The summed E-state index contributed by atoms with van der Waals surface area (Å²) in [4.78, 5) is 24.1. The number of carboxylic acid groups (broad SMARTS) is 1. The SMILES string of the molecule is Cc1cccc(C2(C(=O)NCC3(C(=O)O)CC3)CCCC2)c1. The average molecular weight is 301 g/mol. The topological polar surface area (TPSA) is 66.4 Å². The van der Waals surface area contributed by atoms with Crippen LogP contribution < -0.4 is 5.32 Å². The first-order chi connectivity index (χ1) is 10.5. The average Bonchev–Trinajstić information content (AvgIpc) is 3.13. The van der Waals surface area contributed by atoms with Gasteiger partial charge in [0, 0.05) is 6.54 Å². The normalized spacial score (nSPS) is 21.3. The molecule has 0 unspecified atom stereocenters. The van der Waals surface area contributed by atoms with Crippen LogP contribution in [0.1, 0.15) is 49.7 Å². The Morgan fingerprint density at radius 2 is 1.86 bits per heavy atom. The fourth-order valence-electron chi connectivity index (χ4n) is 3.60. The van der Waals surface area contributed by atoms with E-state index in [4.69, 9.17) is 0 Å². The van der Waals surface area contributed by atoms with Gasteiger partial charge in [-0.3, -0.25) is 9.59 Å². The van der Waals surface area contributed by atoms with Crippen molar-refractivity contribution in [1.29, 1.82) is 0 Å². The van der Waals surface area contributed by atoms with Crippen LogP contribution in [0.3, 0.4) is 0 Å². The number of carboxylic acids is 1. The van der Waals surface area contributed by atoms with E-state index < -0.39 is 16.8 Å². The molecule has 0 aromatic heterocycles. The Morgan fingerprint density at radius 1 is 1.18 bits per heavy atom. The van der Waals surface area contributed by atoms with Crippen molar-refractivity contribution in [2.24, 2.45) is 5.41 Å². The van der Waals surface area contributed by atoms with Gasteiger partial charge in [-0.25, -0.2) is 0 Å². The van der Waals surface area contributed by atoms with Gasteiger partial charge in [-0.1, -0.05) is 42.7 Å². The molecular formula is C18H23NO3. The third kappa shape index (κ3) is 2.51.